The third kappa shape index (κ3) is 2.28. The van der Waals surface area contributed by atoms with Gasteiger partial charge in [0.25, 0.3) is 0 Å². The highest BCUT2D eigenvalue weighted by Gasteiger charge is 2.19. The number of rotatable bonds is 3. The highest BCUT2D eigenvalue weighted by Crippen LogP contribution is 2.39. The van der Waals surface area contributed by atoms with Crippen molar-refractivity contribution in [2.75, 3.05) is 5.73 Å². The zero-order valence-electron chi connectivity index (χ0n) is 13.8. The second kappa shape index (κ2) is 6.10. The molecule has 0 aliphatic carbocycles. The number of nitrogens with two attached hydrogens (primary N) is 1. The Morgan fingerprint density at radius 1 is 1.38 bits per heavy atom. The van der Waals surface area contributed by atoms with Crippen LogP contribution in [0.4, 0.5) is 5.82 Å². The Hall–Kier alpha value is -3.50. The van der Waals surface area contributed by atoms with Crippen molar-refractivity contribution >= 4 is 50.2 Å². The fourth-order valence-electron chi connectivity index (χ4n) is 2.99. The van der Waals surface area contributed by atoms with E-state index in [0.29, 0.717) is 28.0 Å². The number of nitrogens with zero attached hydrogens (tertiary/aromatic N) is 3. The van der Waals surface area contributed by atoms with Gasteiger partial charge in [0.2, 0.25) is 0 Å². The van der Waals surface area contributed by atoms with Crippen LogP contribution in [0.15, 0.2) is 41.1 Å². The molecule has 0 saturated heterocycles. The fourth-order valence-corrected chi connectivity index (χ4v) is 3.79. The van der Waals surface area contributed by atoms with Crippen molar-refractivity contribution in [2.45, 2.75) is 6.92 Å². The largest absolute Gasteiger partial charge is 0.452 e. The summed E-state index contributed by atoms with van der Waals surface area (Å²) in [5, 5.41) is 18.9. The van der Waals surface area contributed by atoms with E-state index in [9.17, 15) is 5.26 Å². The summed E-state index contributed by atoms with van der Waals surface area (Å²) in [6.07, 6.45) is 6.50. The minimum Gasteiger partial charge on any atom is -0.452 e. The van der Waals surface area contributed by atoms with E-state index in [1.807, 2.05) is 25.1 Å². The SMILES string of the molecule is C/C=C(\C=N)c1cnc(N)c2oc(-c3c(C#N)ccc4cnsc34)cc12. The van der Waals surface area contributed by atoms with Gasteiger partial charge in [0.1, 0.15) is 5.76 Å². The third-order valence-electron chi connectivity index (χ3n) is 4.26. The van der Waals surface area contributed by atoms with Crippen molar-refractivity contribution in [3.8, 4) is 17.4 Å². The summed E-state index contributed by atoms with van der Waals surface area (Å²) in [4.78, 5) is 4.19. The number of anilines is 1. The van der Waals surface area contributed by atoms with Gasteiger partial charge in [-0.2, -0.15) is 9.64 Å². The maximum Gasteiger partial charge on any atom is 0.177 e. The Morgan fingerprint density at radius 2 is 2.23 bits per heavy atom. The first kappa shape index (κ1) is 16.0. The number of furan rings is 1. The molecule has 0 amide bonds. The van der Waals surface area contributed by atoms with Gasteiger partial charge in [-0.3, -0.25) is 0 Å². The number of hydrogen-bond donors (Lipinski definition) is 2. The summed E-state index contributed by atoms with van der Waals surface area (Å²) in [6.45, 7) is 1.86. The molecule has 3 N–H and O–H groups in total. The highest BCUT2D eigenvalue weighted by atomic mass is 32.1. The second-order valence-corrected chi connectivity index (χ2v) is 6.44. The molecule has 3 aromatic heterocycles. The zero-order chi connectivity index (χ0) is 18.3. The Morgan fingerprint density at radius 3 is 2.96 bits per heavy atom. The zero-order valence-corrected chi connectivity index (χ0v) is 14.6. The lowest BCUT2D eigenvalue weighted by Gasteiger charge is -2.03. The fraction of sp³-hybridized carbons (Fsp3) is 0.0526. The number of benzene rings is 1. The van der Waals surface area contributed by atoms with Crippen LogP contribution in [-0.4, -0.2) is 15.6 Å². The van der Waals surface area contributed by atoms with Gasteiger partial charge in [-0.25, -0.2) is 4.98 Å². The van der Waals surface area contributed by atoms with Crippen LogP contribution in [0.25, 0.3) is 38.0 Å². The van der Waals surface area contributed by atoms with Gasteiger partial charge in [0, 0.05) is 34.9 Å². The van der Waals surface area contributed by atoms with Gasteiger partial charge < -0.3 is 15.6 Å². The predicted molar refractivity (Wildman–Crippen MR) is 104 cm³/mol. The molecule has 4 rings (SSSR count). The Kier molecular flexibility index (Phi) is 3.75. The molecule has 0 spiro atoms. The summed E-state index contributed by atoms with van der Waals surface area (Å²) in [5.74, 6) is 0.804. The molecule has 1 aromatic carbocycles. The van der Waals surface area contributed by atoms with E-state index in [1.54, 1.807) is 18.5 Å². The van der Waals surface area contributed by atoms with E-state index in [1.165, 1.54) is 17.7 Å². The van der Waals surface area contributed by atoms with Gasteiger partial charge in [0.15, 0.2) is 11.4 Å². The first-order valence-electron chi connectivity index (χ1n) is 7.81. The molecule has 0 bridgehead atoms. The molecular formula is C19H13N5OS. The van der Waals surface area contributed by atoms with Gasteiger partial charge in [-0.05, 0) is 36.2 Å². The lowest BCUT2D eigenvalue weighted by molar-refractivity contribution is 0.632. The van der Waals surface area contributed by atoms with Crippen LogP contribution in [0.2, 0.25) is 0 Å². The number of fused-ring (bicyclic) bond motifs is 2. The molecule has 0 fully saturated rings. The number of hydrogen-bond acceptors (Lipinski definition) is 7. The topological polar surface area (TPSA) is 113 Å². The maximum atomic E-state index is 9.54. The molecule has 0 aliphatic heterocycles. The molecular weight excluding hydrogens is 346 g/mol. The highest BCUT2D eigenvalue weighted by molar-refractivity contribution is 7.14. The maximum absolute atomic E-state index is 9.54. The minimum atomic E-state index is 0.269. The van der Waals surface area contributed by atoms with Crippen LogP contribution in [0.5, 0.6) is 0 Å². The molecule has 7 heteroatoms. The summed E-state index contributed by atoms with van der Waals surface area (Å²) in [7, 11) is 0. The van der Waals surface area contributed by atoms with Gasteiger partial charge >= 0.3 is 0 Å². The molecule has 0 atom stereocenters. The Balaban J connectivity index is 2.08. The van der Waals surface area contributed by atoms with E-state index in [-0.39, 0.29) is 5.82 Å². The second-order valence-electron chi connectivity index (χ2n) is 5.64. The molecule has 0 unspecified atom stereocenters. The molecule has 3 heterocycles. The van der Waals surface area contributed by atoms with Crippen molar-refractivity contribution in [1.82, 2.24) is 9.36 Å². The monoisotopic (exact) mass is 359 g/mol. The van der Waals surface area contributed by atoms with Crippen molar-refractivity contribution in [3.63, 3.8) is 0 Å². The Labute approximate surface area is 152 Å². The van der Waals surface area contributed by atoms with E-state index in [0.717, 1.165) is 21.0 Å². The molecule has 126 valence electrons. The standard InChI is InChI=1S/C19H13N5OS/c1-2-10(6-20)14-9-23-19(22)17-13(14)5-15(25-17)16-11(7-21)3-4-12-8-24-26-18(12)16/h2-6,8-9,20H,1H3,(H2,22,23)/b10-2+,20-6?. The van der Waals surface area contributed by atoms with Gasteiger partial charge in [-0.15, -0.1) is 0 Å². The molecule has 26 heavy (non-hydrogen) atoms. The van der Waals surface area contributed by atoms with E-state index < -0.39 is 0 Å². The van der Waals surface area contributed by atoms with Crippen LogP contribution in [0.3, 0.4) is 0 Å². The average molecular weight is 359 g/mol. The van der Waals surface area contributed by atoms with Gasteiger partial charge in [-0.1, -0.05) is 12.1 Å². The average Bonchev–Trinajstić information content (AvgIpc) is 3.30. The predicted octanol–water partition coefficient (Wildman–Crippen LogP) is 4.61. The van der Waals surface area contributed by atoms with Crippen LogP contribution in [-0.2, 0) is 0 Å². The minimum absolute atomic E-state index is 0.269. The van der Waals surface area contributed by atoms with Crippen LogP contribution in [0.1, 0.15) is 18.1 Å². The normalized spacial score (nSPS) is 11.8. The van der Waals surface area contributed by atoms with Gasteiger partial charge in [0.05, 0.1) is 21.9 Å². The Bertz CT molecular complexity index is 1240. The first-order chi connectivity index (χ1) is 12.7. The lowest BCUT2D eigenvalue weighted by atomic mass is 10.0. The van der Waals surface area contributed by atoms with Crippen molar-refractivity contribution in [1.29, 1.82) is 10.7 Å². The summed E-state index contributed by atoms with van der Waals surface area (Å²) >= 11 is 1.32. The molecule has 0 saturated carbocycles. The lowest BCUT2D eigenvalue weighted by Crippen LogP contribution is -1.94. The third-order valence-corrected chi connectivity index (χ3v) is 5.09. The number of nitriles is 1. The summed E-state index contributed by atoms with van der Waals surface area (Å²) in [6, 6.07) is 7.70. The van der Waals surface area contributed by atoms with E-state index in [4.69, 9.17) is 15.6 Å². The van der Waals surface area contributed by atoms with Crippen LogP contribution in [0, 0.1) is 16.7 Å². The summed E-state index contributed by atoms with van der Waals surface area (Å²) < 4.78 is 11.1. The van der Waals surface area contributed by atoms with Crippen molar-refractivity contribution in [3.05, 3.63) is 47.8 Å². The molecule has 0 aliphatic rings. The van der Waals surface area contributed by atoms with E-state index in [2.05, 4.69) is 15.4 Å². The quantitative estimate of drug-likeness (QED) is 0.519. The first-order valence-corrected chi connectivity index (χ1v) is 8.58. The van der Waals surface area contributed by atoms with Crippen LogP contribution >= 0.6 is 11.5 Å². The number of aromatic nitrogens is 2. The number of nitrogens with one attached hydrogen (secondary N) is 1. The molecule has 6 nitrogen and oxygen atoms in total. The smallest absolute Gasteiger partial charge is 0.177 e. The number of pyridine rings is 1. The number of nitrogen functional groups attached to an aromatic ring is 1. The molecule has 0 radical (unpaired) electrons. The molecule has 4 aromatic rings. The summed E-state index contributed by atoms with van der Waals surface area (Å²) in [5.41, 5.74) is 9.14. The number of allylic oxidation sites excluding steroid dienone is 2. The van der Waals surface area contributed by atoms with Crippen LogP contribution < -0.4 is 5.73 Å². The van der Waals surface area contributed by atoms with E-state index >= 15 is 0 Å². The van der Waals surface area contributed by atoms with Crippen molar-refractivity contribution < 1.29 is 4.42 Å². The van der Waals surface area contributed by atoms with Crippen molar-refractivity contribution in [2.24, 2.45) is 0 Å².